The third-order valence-electron chi connectivity index (χ3n) is 2.35. The van der Waals surface area contributed by atoms with E-state index in [-0.39, 0.29) is 5.41 Å². The molecule has 1 saturated heterocycles. The third-order valence-corrected chi connectivity index (χ3v) is 2.35. The molecule has 72 valence electrons. The Morgan fingerprint density at radius 2 is 2.15 bits per heavy atom. The standard InChI is InChI=1S/C10H16N2O/c1-10(2,3)9-5-7(8-6-13-8)12(4)11-9/h5,8H,6H2,1-4H3/t8-/m0/s1. The summed E-state index contributed by atoms with van der Waals surface area (Å²) in [7, 11) is 1.98. The maximum absolute atomic E-state index is 5.24. The summed E-state index contributed by atoms with van der Waals surface area (Å²) in [5.74, 6) is 0. The second-order valence-electron chi connectivity index (χ2n) is 4.65. The van der Waals surface area contributed by atoms with E-state index in [2.05, 4.69) is 31.9 Å². The Kier molecular flexibility index (Phi) is 1.74. The summed E-state index contributed by atoms with van der Waals surface area (Å²) in [6, 6.07) is 2.15. The largest absolute Gasteiger partial charge is 0.366 e. The first-order chi connectivity index (χ1) is 5.98. The molecule has 0 aliphatic carbocycles. The van der Waals surface area contributed by atoms with Crippen LogP contribution < -0.4 is 0 Å². The highest BCUT2D eigenvalue weighted by molar-refractivity contribution is 5.20. The molecule has 3 nitrogen and oxygen atoms in total. The molecule has 0 bridgehead atoms. The minimum Gasteiger partial charge on any atom is -0.366 e. The third kappa shape index (κ3) is 1.61. The van der Waals surface area contributed by atoms with E-state index < -0.39 is 0 Å². The Balaban J connectivity index is 2.34. The molecule has 0 radical (unpaired) electrons. The number of hydrogen-bond donors (Lipinski definition) is 0. The van der Waals surface area contributed by atoms with Crippen molar-refractivity contribution in [2.75, 3.05) is 6.61 Å². The van der Waals surface area contributed by atoms with Crippen molar-refractivity contribution in [1.29, 1.82) is 0 Å². The molecule has 1 aliphatic rings. The lowest BCUT2D eigenvalue weighted by molar-refractivity contribution is 0.404. The zero-order chi connectivity index (χ0) is 9.64. The van der Waals surface area contributed by atoms with E-state index in [9.17, 15) is 0 Å². The highest BCUT2D eigenvalue weighted by Crippen LogP contribution is 2.32. The highest BCUT2D eigenvalue weighted by Gasteiger charge is 2.30. The van der Waals surface area contributed by atoms with Crippen LogP contribution in [0.2, 0.25) is 0 Å². The molecular weight excluding hydrogens is 164 g/mol. The van der Waals surface area contributed by atoms with Crippen molar-refractivity contribution in [3.05, 3.63) is 17.5 Å². The molecule has 0 N–H and O–H groups in total. The first-order valence-electron chi connectivity index (χ1n) is 4.64. The van der Waals surface area contributed by atoms with Crippen LogP contribution >= 0.6 is 0 Å². The molecule has 0 unspecified atom stereocenters. The molecule has 1 aliphatic heterocycles. The predicted octanol–water partition coefficient (Wildman–Crippen LogP) is 1.79. The average molecular weight is 180 g/mol. The van der Waals surface area contributed by atoms with Crippen molar-refractivity contribution in [3.63, 3.8) is 0 Å². The highest BCUT2D eigenvalue weighted by atomic mass is 16.6. The van der Waals surface area contributed by atoms with E-state index >= 15 is 0 Å². The van der Waals surface area contributed by atoms with Gasteiger partial charge in [-0.15, -0.1) is 0 Å². The van der Waals surface area contributed by atoms with Gasteiger partial charge < -0.3 is 4.74 Å². The van der Waals surface area contributed by atoms with Gasteiger partial charge >= 0.3 is 0 Å². The van der Waals surface area contributed by atoms with Crippen molar-refractivity contribution in [2.24, 2.45) is 7.05 Å². The molecule has 1 aromatic heterocycles. The summed E-state index contributed by atoms with van der Waals surface area (Å²) in [5.41, 5.74) is 2.47. The summed E-state index contributed by atoms with van der Waals surface area (Å²) >= 11 is 0. The quantitative estimate of drug-likeness (QED) is 0.617. The fourth-order valence-electron chi connectivity index (χ4n) is 1.37. The van der Waals surface area contributed by atoms with E-state index in [1.165, 1.54) is 5.69 Å². The second-order valence-corrected chi connectivity index (χ2v) is 4.65. The summed E-state index contributed by atoms with van der Waals surface area (Å²) in [6.07, 6.45) is 0.300. The van der Waals surface area contributed by atoms with Gasteiger partial charge in [-0.2, -0.15) is 5.10 Å². The molecule has 13 heavy (non-hydrogen) atoms. The van der Waals surface area contributed by atoms with Crippen molar-refractivity contribution in [1.82, 2.24) is 9.78 Å². The number of ether oxygens (including phenoxy) is 1. The fraction of sp³-hybridized carbons (Fsp3) is 0.700. The molecule has 2 heterocycles. The first kappa shape index (κ1) is 8.75. The van der Waals surface area contributed by atoms with E-state index in [0.29, 0.717) is 6.10 Å². The molecule has 1 atom stereocenters. The molecule has 1 aromatic rings. The second kappa shape index (κ2) is 2.58. The smallest absolute Gasteiger partial charge is 0.122 e. The van der Waals surface area contributed by atoms with Crippen LogP contribution in [0.3, 0.4) is 0 Å². The van der Waals surface area contributed by atoms with Crippen LogP contribution in [0.4, 0.5) is 0 Å². The minimum absolute atomic E-state index is 0.130. The maximum atomic E-state index is 5.24. The van der Waals surface area contributed by atoms with Gasteiger partial charge in [-0.25, -0.2) is 0 Å². The first-order valence-corrected chi connectivity index (χ1v) is 4.64. The summed E-state index contributed by atoms with van der Waals surface area (Å²) in [6.45, 7) is 7.37. The molecule has 0 amide bonds. The van der Waals surface area contributed by atoms with Crippen molar-refractivity contribution < 1.29 is 4.74 Å². The van der Waals surface area contributed by atoms with Crippen LogP contribution in [0.15, 0.2) is 6.07 Å². The van der Waals surface area contributed by atoms with Gasteiger partial charge in [0.1, 0.15) is 6.10 Å². The van der Waals surface area contributed by atoms with E-state index in [0.717, 1.165) is 12.3 Å². The maximum Gasteiger partial charge on any atom is 0.122 e. The Labute approximate surface area is 78.7 Å². The van der Waals surface area contributed by atoms with Gasteiger partial charge in [-0.05, 0) is 6.07 Å². The normalized spacial score (nSPS) is 22.0. The van der Waals surface area contributed by atoms with Gasteiger partial charge in [0.25, 0.3) is 0 Å². The monoisotopic (exact) mass is 180 g/mol. The number of hydrogen-bond acceptors (Lipinski definition) is 2. The lowest BCUT2D eigenvalue weighted by atomic mass is 9.92. The number of epoxide rings is 1. The average Bonchev–Trinajstić information content (AvgIpc) is 2.73. The minimum atomic E-state index is 0.130. The van der Waals surface area contributed by atoms with Gasteiger partial charge in [0.05, 0.1) is 18.0 Å². The summed E-state index contributed by atoms with van der Waals surface area (Å²) in [4.78, 5) is 0. The predicted molar refractivity (Wildman–Crippen MR) is 50.6 cm³/mol. The summed E-state index contributed by atoms with van der Waals surface area (Å²) in [5, 5.41) is 4.48. The lowest BCUT2D eigenvalue weighted by Gasteiger charge is -2.13. The zero-order valence-corrected chi connectivity index (χ0v) is 8.66. The van der Waals surface area contributed by atoms with Crippen LogP contribution in [-0.4, -0.2) is 16.4 Å². The number of aromatic nitrogens is 2. The Morgan fingerprint density at radius 3 is 2.54 bits per heavy atom. The van der Waals surface area contributed by atoms with Gasteiger partial charge in [0.2, 0.25) is 0 Å². The molecule has 2 rings (SSSR count). The van der Waals surface area contributed by atoms with Crippen LogP contribution in [0.1, 0.15) is 38.3 Å². The van der Waals surface area contributed by atoms with Gasteiger partial charge in [0, 0.05) is 12.5 Å². The number of nitrogens with zero attached hydrogens (tertiary/aromatic N) is 2. The number of rotatable bonds is 1. The van der Waals surface area contributed by atoms with E-state index in [4.69, 9.17) is 4.74 Å². The van der Waals surface area contributed by atoms with E-state index in [1.807, 2.05) is 11.7 Å². The van der Waals surface area contributed by atoms with Crippen LogP contribution in [0.5, 0.6) is 0 Å². The molecule has 3 heteroatoms. The summed E-state index contributed by atoms with van der Waals surface area (Å²) < 4.78 is 7.17. The molecule has 1 fully saturated rings. The molecule has 0 spiro atoms. The fourth-order valence-corrected chi connectivity index (χ4v) is 1.37. The SMILES string of the molecule is Cn1nc(C(C)(C)C)cc1[C@@H]1CO1. The van der Waals surface area contributed by atoms with Crippen LogP contribution in [-0.2, 0) is 17.2 Å². The van der Waals surface area contributed by atoms with Gasteiger partial charge in [-0.3, -0.25) is 4.68 Å². The zero-order valence-electron chi connectivity index (χ0n) is 8.66. The van der Waals surface area contributed by atoms with Gasteiger partial charge in [0.15, 0.2) is 0 Å². The van der Waals surface area contributed by atoms with E-state index in [1.54, 1.807) is 0 Å². The molecular formula is C10H16N2O. The molecule has 0 saturated carbocycles. The lowest BCUT2D eigenvalue weighted by Crippen LogP contribution is -2.12. The number of aryl methyl sites for hydroxylation is 1. The van der Waals surface area contributed by atoms with Crippen molar-refractivity contribution in [2.45, 2.75) is 32.3 Å². The Morgan fingerprint density at radius 1 is 1.54 bits per heavy atom. The Hall–Kier alpha value is -0.830. The molecule has 0 aromatic carbocycles. The topological polar surface area (TPSA) is 30.4 Å². The van der Waals surface area contributed by atoms with Crippen molar-refractivity contribution in [3.8, 4) is 0 Å². The van der Waals surface area contributed by atoms with Crippen LogP contribution in [0, 0.1) is 0 Å². The Bertz CT molecular complexity index is 318. The van der Waals surface area contributed by atoms with Gasteiger partial charge in [-0.1, -0.05) is 20.8 Å². The van der Waals surface area contributed by atoms with Crippen molar-refractivity contribution >= 4 is 0 Å². The van der Waals surface area contributed by atoms with Crippen LogP contribution in [0.25, 0.3) is 0 Å².